The van der Waals surface area contributed by atoms with E-state index in [1.54, 1.807) is 6.07 Å². The molecule has 94 valence electrons. The first-order valence-corrected chi connectivity index (χ1v) is 6.54. The van der Waals surface area contributed by atoms with Crippen LogP contribution < -0.4 is 5.32 Å². The first kappa shape index (κ1) is 13.5. The number of aryl methyl sites for hydroxylation is 1. The Morgan fingerprint density at radius 2 is 2.06 bits per heavy atom. The van der Waals surface area contributed by atoms with Gasteiger partial charge in [-0.15, -0.1) is 0 Å². The van der Waals surface area contributed by atoms with Gasteiger partial charge >= 0.3 is 0 Å². The maximum Gasteiger partial charge on any atom is 0.291 e. The fourth-order valence-electron chi connectivity index (χ4n) is 1.36. The maximum atomic E-state index is 11.8. The Morgan fingerprint density at radius 1 is 1.33 bits per heavy atom. The fourth-order valence-corrected chi connectivity index (χ4v) is 2.23. The number of anilines is 1. The second-order valence-electron chi connectivity index (χ2n) is 3.64. The summed E-state index contributed by atoms with van der Waals surface area (Å²) >= 11 is 15.0. The van der Waals surface area contributed by atoms with Gasteiger partial charge in [0.2, 0.25) is 0 Å². The number of amides is 1. The van der Waals surface area contributed by atoms with Gasteiger partial charge < -0.3 is 9.73 Å². The standard InChI is InChI=1S/C12H8BrCl2NO2/c1-6-4-7(13)9(5-8(6)14)16-12(17)10-2-3-11(15)18-10/h2-5H,1H3,(H,16,17). The van der Waals surface area contributed by atoms with Crippen LogP contribution in [0.5, 0.6) is 0 Å². The van der Waals surface area contributed by atoms with Crippen molar-refractivity contribution in [3.63, 3.8) is 0 Å². The van der Waals surface area contributed by atoms with E-state index in [1.165, 1.54) is 12.1 Å². The van der Waals surface area contributed by atoms with E-state index >= 15 is 0 Å². The molecular weight excluding hydrogens is 341 g/mol. The number of halogens is 3. The van der Waals surface area contributed by atoms with Gasteiger partial charge in [0.15, 0.2) is 11.0 Å². The van der Waals surface area contributed by atoms with Crippen molar-refractivity contribution < 1.29 is 9.21 Å². The van der Waals surface area contributed by atoms with Crippen molar-refractivity contribution >= 4 is 50.7 Å². The van der Waals surface area contributed by atoms with E-state index in [0.29, 0.717) is 10.7 Å². The van der Waals surface area contributed by atoms with Gasteiger partial charge in [-0.25, -0.2) is 0 Å². The molecule has 3 nitrogen and oxygen atoms in total. The molecule has 1 heterocycles. The van der Waals surface area contributed by atoms with Crippen molar-refractivity contribution in [1.82, 2.24) is 0 Å². The molecule has 2 rings (SSSR count). The summed E-state index contributed by atoms with van der Waals surface area (Å²) in [7, 11) is 0. The Bertz CT molecular complexity index is 610. The summed E-state index contributed by atoms with van der Waals surface area (Å²) in [6.07, 6.45) is 0. The quantitative estimate of drug-likeness (QED) is 0.837. The summed E-state index contributed by atoms with van der Waals surface area (Å²) in [4.78, 5) is 11.8. The van der Waals surface area contributed by atoms with Crippen molar-refractivity contribution in [1.29, 1.82) is 0 Å². The van der Waals surface area contributed by atoms with Crippen LogP contribution in [0, 0.1) is 6.92 Å². The zero-order valence-electron chi connectivity index (χ0n) is 9.26. The molecule has 0 radical (unpaired) electrons. The van der Waals surface area contributed by atoms with E-state index in [-0.39, 0.29) is 16.9 Å². The van der Waals surface area contributed by atoms with Crippen LogP contribution in [0.25, 0.3) is 0 Å². The Morgan fingerprint density at radius 3 is 2.67 bits per heavy atom. The van der Waals surface area contributed by atoms with Gasteiger partial charge in [-0.3, -0.25) is 4.79 Å². The van der Waals surface area contributed by atoms with Gasteiger partial charge in [0.1, 0.15) is 0 Å². The Kier molecular flexibility index (Phi) is 4.00. The molecule has 0 aliphatic rings. The lowest BCUT2D eigenvalue weighted by Gasteiger charge is -2.08. The summed E-state index contributed by atoms with van der Waals surface area (Å²) in [5.41, 5.74) is 1.49. The molecule has 1 amide bonds. The van der Waals surface area contributed by atoms with Crippen LogP contribution in [0.3, 0.4) is 0 Å². The number of furan rings is 1. The number of benzene rings is 1. The van der Waals surface area contributed by atoms with Crippen LogP contribution in [-0.4, -0.2) is 5.91 Å². The van der Waals surface area contributed by atoms with Crippen LogP contribution in [0.2, 0.25) is 10.2 Å². The third kappa shape index (κ3) is 2.88. The topological polar surface area (TPSA) is 42.2 Å². The average molecular weight is 349 g/mol. The summed E-state index contributed by atoms with van der Waals surface area (Å²) in [5, 5.41) is 3.43. The number of hydrogen-bond acceptors (Lipinski definition) is 2. The predicted molar refractivity (Wildman–Crippen MR) is 75.6 cm³/mol. The molecule has 0 fully saturated rings. The molecule has 1 aromatic carbocycles. The zero-order valence-corrected chi connectivity index (χ0v) is 12.4. The number of carbonyl (C=O) groups is 1. The summed E-state index contributed by atoms with van der Waals surface area (Å²) in [5.74, 6) is -0.244. The summed E-state index contributed by atoms with van der Waals surface area (Å²) in [6.45, 7) is 1.88. The van der Waals surface area contributed by atoms with Crippen molar-refractivity contribution in [2.45, 2.75) is 6.92 Å². The van der Waals surface area contributed by atoms with Crippen molar-refractivity contribution in [2.24, 2.45) is 0 Å². The molecule has 0 unspecified atom stereocenters. The Hall–Kier alpha value is -0.970. The van der Waals surface area contributed by atoms with Gasteiger partial charge in [-0.2, -0.15) is 0 Å². The smallest absolute Gasteiger partial charge is 0.291 e. The van der Waals surface area contributed by atoms with Crippen molar-refractivity contribution in [2.75, 3.05) is 5.32 Å². The monoisotopic (exact) mass is 347 g/mol. The molecule has 0 saturated heterocycles. The molecule has 0 aliphatic carbocycles. The minimum atomic E-state index is -0.387. The lowest BCUT2D eigenvalue weighted by molar-refractivity contribution is 0.0996. The number of carbonyl (C=O) groups excluding carboxylic acids is 1. The second kappa shape index (κ2) is 5.34. The molecule has 6 heteroatoms. The third-order valence-electron chi connectivity index (χ3n) is 2.29. The fraction of sp³-hybridized carbons (Fsp3) is 0.0833. The highest BCUT2D eigenvalue weighted by atomic mass is 79.9. The maximum absolute atomic E-state index is 11.8. The highest BCUT2D eigenvalue weighted by Gasteiger charge is 2.13. The van der Waals surface area contributed by atoms with Crippen LogP contribution >= 0.6 is 39.1 Å². The first-order chi connectivity index (χ1) is 8.47. The first-order valence-electron chi connectivity index (χ1n) is 4.99. The number of nitrogens with one attached hydrogen (secondary N) is 1. The molecule has 2 aromatic rings. The summed E-state index contributed by atoms with van der Waals surface area (Å²) in [6, 6.07) is 6.51. The van der Waals surface area contributed by atoms with Crippen LogP contribution in [-0.2, 0) is 0 Å². The van der Waals surface area contributed by atoms with Crippen LogP contribution in [0.15, 0.2) is 33.2 Å². The minimum Gasteiger partial charge on any atom is -0.440 e. The number of hydrogen-bond donors (Lipinski definition) is 1. The average Bonchev–Trinajstić information content (AvgIpc) is 2.73. The van der Waals surface area contributed by atoms with E-state index in [1.807, 2.05) is 13.0 Å². The van der Waals surface area contributed by atoms with E-state index in [0.717, 1.165) is 10.0 Å². The van der Waals surface area contributed by atoms with Gasteiger partial charge in [0.05, 0.1) is 5.69 Å². The number of rotatable bonds is 2. The predicted octanol–water partition coefficient (Wildman–Crippen LogP) is 4.91. The van der Waals surface area contributed by atoms with Crippen molar-refractivity contribution in [3.05, 3.63) is 50.3 Å². The Balaban J connectivity index is 2.24. The third-order valence-corrected chi connectivity index (χ3v) is 3.56. The molecule has 0 saturated carbocycles. The van der Waals surface area contributed by atoms with Gasteiger partial charge in [0, 0.05) is 9.50 Å². The molecule has 0 aliphatic heterocycles. The molecule has 0 spiro atoms. The van der Waals surface area contributed by atoms with Gasteiger partial charge in [0.25, 0.3) is 5.91 Å². The lowest BCUT2D eigenvalue weighted by Crippen LogP contribution is -2.11. The second-order valence-corrected chi connectivity index (χ2v) is 5.27. The van der Waals surface area contributed by atoms with E-state index in [4.69, 9.17) is 27.6 Å². The van der Waals surface area contributed by atoms with Crippen LogP contribution in [0.1, 0.15) is 16.1 Å². The zero-order chi connectivity index (χ0) is 13.3. The Labute approximate surface area is 122 Å². The molecule has 18 heavy (non-hydrogen) atoms. The normalized spacial score (nSPS) is 10.4. The van der Waals surface area contributed by atoms with Gasteiger partial charge in [-0.1, -0.05) is 11.6 Å². The molecular formula is C12H8BrCl2NO2. The van der Waals surface area contributed by atoms with Crippen molar-refractivity contribution in [3.8, 4) is 0 Å². The molecule has 0 bridgehead atoms. The lowest BCUT2D eigenvalue weighted by atomic mass is 10.2. The summed E-state index contributed by atoms with van der Waals surface area (Å²) < 4.78 is 5.76. The molecule has 1 aromatic heterocycles. The van der Waals surface area contributed by atoms with Crippen LogP contribution in [0.4, 0.5) is 5.69 Å². The SMILES string of the molecule is Cc1cc(Br)c(NC(=O)c2ccc(Cl)o2)cc1Cl. The van der Waals surface area contributed by atoms with E-state index in [9.17, 15) is 4.79 Å². The largest absolute Gasteiger partial charge is 0.440 e. The molecule has 1 N–H and O–H groups in total. The molecule has 0 atom stereocenters. The van der Waals surface area contributed by atoms with E-state index in [2.05, 4.69) is 21.2 Å². The minimum absolute atomic E-state index is 0.142. The van der Waals surface area contributed by atoms with Gasteiger partial charge in [-0.05, 0) is 64.3 Å². The highest BCUT2D eigenvalue weighted by molar-refractivity contribution is 9.10. The van der Waals surface area contributed by atoms with E-state index < -0.39 is 0 Å². The highest BCUT2D eigenvalue weighted by Crippen LogP contribution is 2.29.